The van der Waals surface area contributed by atoms with Gasteiger partial charge < -0.3 is 0 Å². The summed E-state index contributed by atoms with van der Waals surface area (Å²) < 4.78 is 39.5. The molecule has 1 saturated carbocycles. The summed E-state index contributed by atoms with van der Waals surface area (Å²) in [5, 5.41) is 4.68. The maximum Gasteiger partial charge on any atom is 0.269 e. The van der Waals surface area contributed by atoms with Crippen LogP contribution in [0.5, 0.6) is 0 Å². The standard InChI is InChI=1S/C20H14FN3O4S2/c21-13-4-1-11(2-5-13)16-10-29-20(22-16)23-18(25)12-3-8-15-17(9-12)30(27,28)24(19(15)26)14-6-7-14/h1-5,8-10,14H,6-7H2,(H,22,23,25). The van der Waals surface area contributed by atoms with Gasteiger partial charge in [0.25, 0.3) is 21.8 Å². The molecule has 2 aromatic carbocycles. The van der Waals surface area contributed by atoms with Gasteiger partial charge in [-0.25, -0.2) is 22.1 Å². The van der Waals surface area contributed by atoms with Gasteiger partial charge in [0, 0.05) is 22.5 Å². The fourth-order valence-corrected chi connectivity index (χ4v) is 5.87. The largest absolute Gasteiger partial charge is 0.298 e. The van der Waals surface area contributed by atoms with E-state index in [9.17, 15) is 22.4 Å². The number of carbonyl (C=O) groups is 2. The SMILES string of the molecule is O=C(Nc1nc(-c2ccc(F)cc2)cs1)c1ccc2c(c1)S(=O)(=O)N(C1CC1)C2=O. The maximum absolute atomic E-state index is 13.1. The highest BCUT2D eigenvalue weighted by Gasteiger charge is 2.48. The van der Waals surface area contributed by atoms with Crippen LogP contribution in [-0.2, 0) is 10.0 Å². The van der Waals surface area contributed by atoms with Crippen LogP contribution in [0.15, 0.2) is 52.7 Å². The first-order chi connectivity index (χ1) is 14.3. The summed E-state index contributed by atoms with van der Waals surface area (Å²) in [5.74, 6) is -1.43. The van der Waals surface area contributed by atoms with E-state index >= 15 is 0 Å². The van der Waals surface area contributed by atoms with Crippen LogP contribution in [0.3, 0.4) is 0 Å². The molecule has 7 nitrogen and oxygen atoms in total. The first kappa shape index (κ1) is 18.9. The summed E-state index contributed by atoms with van der Waals surface area (Å²) >= 11 is 1.19. The highest BCUT2D eigenvalue weighted by molar-refractivity contribution is 7.90. The van der Waals surface area contributed by atoms with E-state index in [-0.39, 0.29) is 27.9 Å². The number of thiazole rings is 1. The Labute approximate surface area is 175 Å². The molecule has 1 aliphatic heterocycles. The molecule has 30 heavy (non-hydrogen) atoms. The van der Waals surface area contributed by atoms with Gasteiger partial charge in [-0.05, 0) is 55.3 Å². The van der Waals surface area contributed by atoms with Crippen LogP contribution in [-0.4, -0.2) is 35.6 Å². The quantitative estimate of drug-likeness (QED) is 0.666. The van der Waals surface area contributed by atoms with Gasteiger partial charge in [0.15, 0.2) is 5.13 Å². The second kappa shape index (κ2) is 6.71. The van der Waals surface area contributed by atoms with Gasteiger partial charge >= 0.3 is 0 Å². The molecule has 2 amide bonds. The lowest BCUT2D eigenvalue weighted by Crippen LogP contribution is -2.31. The lowest BCUT2D eigenvalue weighted by Gasteiger charge is -2.13. The lowest BCUT2D eigenvalue weighted by molar-refractivity contribution is 0.0864. The minimum atomic E-state index is -3.94. The number of halogens is 1. The summed E-state index contributed by atoms with van der Waals surface area (Å²) in [7, 11) is -3.94. The van der Waals surface area contributed by atoms with Gasteiger partial charge in [-0.1, -0.05) is 0 Å². The summed E-state index contributed by atoms with van der Waals surface area (Å²) in [6, 6.07) is 9.56. The number of anilines is 1. The number of nitrogens with one attached hydrogen (secondary N) is 1. The highest BCUT2D eigenvalue weighted by Crippen LogP contribution is 2.39. The predicted molar refractivity (Wildman–Crippen MR) is 108 cm³/mol. The molecule has 2 heterocycles. The van der Waals surface area contributed by atoms with E-state index in [1.54, 1.807) is 17.5 Å². The molecular formula is C20H14FN3O4S2. The van der Waals surface area contributed by atoms with Crippen molar-refractivity contribution < 1.29 is 22.4 Å². The summed E-state index contributed by atoms with van der Waals surface area (Å²) in [6.07, 6.45) is 1.32. The predicted octanol–water partition coefficient (Wildman–Crippen LogP) is 3.51. The second-order valence-corrected chi connectivity index (χ2v) is 9.69. The van der Waals surface area contributed by atoms with E-state index in [0.717, 1.165) is 4.31 Å². The molecule has 3 aromatic rings. The molecule has 0 unspecified atom stereocenters. The Kier molecular flexibility index (Phi) is 4.23. The van der Waals surface area contributed by atoms with Crippen LogP contribution in [0.2, 0.25) is 0 Å². The molecule has 152 valence electrons. The molecule has 0 spiro atoms. The fraction of sp³-hybridized carbons (Fsp3) is 0.150. The Morgan fingerprint density at radius 2 is 1.90 bits per heavy atom. The number of rotatable bonds is 4. The third kappa shape index (κ3) is 3.08. The van der Waals surface area contributed by atoms with Crippen molar-refractivity contribution in [3.05, 3.63) is 64.8 Å². The Morgan fingerprint density at radius 1 is 1.17 bits per heavy atom. The van der Waals surface area contributed by atoms with Crippen LogP contribution in [0.1, 0.15) is 33.6 Å². The molecule has 5 rings (SSSR count). The maximum atomic E-state index is 13.1. The number of nitrogens with zero attached hydrogens (tertiary/aromatic N) is 2. The Morgan fingerprint density at radius 3 is 2.60 bits per heavy atom. The topological polar surface area (TPSA) is 96.4 Å². The average Bonchev–Trinajstić information content (AvgIpc) is 3.40. The van der Waals surface area contributed by atoms with Crippen molar-refractivity contribution in [2.24, 2.45) is 0 Å². The third-order valence-electron chi connectivity index (χ3n) is 4.95. The first-order valence-corrected chi connectivity index (χ1v) is 11.4. The van der Waals surface area contributed by atoms with Crippen molar-refractivity contribution in [2.45, 2.75) is 23.8 Å². The third-order valence-corrected chi connectivity index (χ3v) is 7.59. The minimum Gasteiger partial charge on any atom is -0.298 e. The molecule has 1 aromatic heterocycles. The van der Waals surface area contributed by atoms with E-state index in [1.807, 2.05) is 0 Å². The summed E-state index contributed by atoms with van der Waals surface area (Å²) in [5.41, 5.74) is 1.49. The number of sulfonamides is 1. The average molecular weight is 443 g/mol. The minimum absolute atomic E-state index is 0.0892. The highest BCUT2D eigenvalue weighted by atomic mass is 32.2. The molecule has 0 radical (unpaired) electrons. The first-order valence-electron chi connectivity index (χ1n) is 9.10. The number of hydrogen-bond donors (Lipinski definition) is 1. The molecule has 1 fully saturated rings. The molecule has 1 N–H and O–H groups in total. The zero-order valence-electron chi connectivity index (χ0n) is 15.3. The van der Waals surface area contributed by atoms with Crippen LogP contribution >= 0.6 is 11.3 Å². The van der Waals surface area contributed by atoms with Crippen LogP contribution in [0.4, 0.5) is 9.52 Å². The number of amides is 2. The van der Waals surface area contributed by atoms with Crippen molar-refractivity contribution >= 4 is 38.3 Å². The van der Waals surface area contributed by atoms with Gasteiger partial charge in [0.1, 0.15) is 10.7 Å². The fourth-order valence-electron chi connectivity index (χ4n) is 3.31. The van der Waals surface area contributed by atoms with Gasteiger partial charge in [0.2, 0.25) is 0 Å². The number of aromatic nitrogens is 1. The van der Waals surface area contributed by atoms with Crippen LogP contribution < -0.4 is 5.32 Å². The molecule has 1 aliphatic carbocycles. The smallest absolute Gasteiger partial charge is 0.269 e. The van der Waals surface area contributed by atoms with E-state index in [1.165, 1.54) is 41.7 Å². The molecule has 0 saturated heterocycles. The van der Waals surface area contributed by atoms with Gasteiger partial charge in [0.05, 0.1) is 11.3 Å². The number of benzene rings is 2. The van der Waals surface area contributed by atoms with Crippen molar-refractivity contribution in [1.82, 2.24) is 9.29 Å². The van der Waals surface area contributed by atoms with Gasteiger partial charge in [-0.3, -0.25) is 14.9 Å². The monoisotopic (exact) mass is 443 g/mol. The summed E-state index contributed by atoms with van der Waals surface area (Å²) in [4.78, 5) is 29.3. The van der Waals surface area contributed by atoms with Gasteiger partial charge in [-0.15, -0.1) is 11.3 Å². The van der Waals surface area contributed by atoms with Gasteiger partial charge in [-0.2, -0.15) is 0 Å². The zero-order chi connectivity index (χ0) is 21.0. The molecule has 0 bridgehead atoms. The van der Waals surface area contributed by atoms with Crippen molar-refractivity contribution in [2.75, 3.05) is 5.32 Å². The van der Waals surface area contributed by atoms with Crippen LogP contribution in [0.25, 0.3) is 11.3 Å². The Balaban J connectivity index is 1.39. The number of fused-ring (bicyclic) bond motifs is 1. The van der Waals surface area contributed by atoms with Crippen molar-refractivity contribution in [3.8, 4) is 11.3 Å². The second-order valence-electron chi connectivity index (χ2n) is 7.05. The van der Waals surface area contributed by atoms with E-state index < -0.39 is 21.8 Å². The summed E-state index contributed by atoms with van der Waals surface area (Å²) in [6.45, 7) is 0. The molecule has 10 heteroatoms. The molecule has 0 atom stereocenters. The Hall–Kier alpha value is -3.11. The van der Waals surface area contributed by atoms with E-state index in [4.69, 9.17) is 0 Å². The van der Waals surface area contributed by atoms with Crippen LogP contribution in [0, 0.1) is 5.82 Å². The van der Waals surface area contributed by atoms with Crippen molar-refractivity contribution in [3.63, 3.8) is 0 Å². The number of carbonyl (C=O) groups excluding carboxylic acids is 2. The normalized spacial score (nSPS) is 17.1. The number of hydrogen-bond acceptors (Lipinski definition) is 6. The molecule has 2 aliphatic rings. The van der Waals surface area contributed by atoms with Crippen molar-refractivity contribution in [1.29, 1.82) is 0 Å². The Bertz CT molecular complexity index is 1300. The zero-order valence-corrected chi connectivity index (χ0v) is 17.0. The van der Waals surface area contributed by atoms with E-state index in [2.05, 4.69) is 10.3 Å². The lowest BCUT2D eigenvalue weighted by atomic mass is 10.1. The molecular weight excluding hydrogens is 429 g/mol. The van der Waals surface area contributed by atoms with E-state index in [0.29, 0.717) is 29.2 Å².